The van der Waals surface area contributed by atoms with Gasteiger partial charge in [-0.1, -0.05) is 22.8 Å². The number of hydrogen-bond acceptors (Lipinski definition) is 4. The predicted molar refractivity (Wildman–Crippen MR) is 61.3 cm³/mol. The Bertz CT molecular complexity index is 484. The summed E-state index contributed by atoms with van der Waals surface area (Å²) < 4.78 is 4.94. The van der Waals surface area contributed by atoms with Gasteiger partial charge in [-0.3, -0.25) is 0 Å². The lowest BCUT2D eigenvalue weighted by Crippen LogP contribution is -1.86. The van der Waals surface area contributed by atoms with Gasteiger partial charge in [0, 0.05) is 11.8 Å². The van der Waals surface area contributed by atoms with Gasteiger partial charge >= 0.3 is 0 Å². The molecule has 0 unspecified atom stereocenters. The smallest absolute Gasteiger partial charge is 0.223 e. The largest absolute Gasteiger partial charge is 0.339 e. The van der Waals surface area contributed by atoms with Crippen molar-refractivity contribution in [3.05, 3.63) is 29.1 Å². The SMILES string of the molecule is CSc1cccc(Cl)c1-c1noc(C)n1. The average Bonchev–Trinajstić information content (AvgIpc) is 2.64. The Balaban J connectivity index is 2.60. The zero-order valence-electron chi connectivity index (χ0n) is 8.32. The van der Waals surface area contributed by atoms with Crippen molar-refractivity contribution < 1.29 is 4.52 Å². The van der Waals surface area contributed by atoms with Crippen molar-refractivity contribution in [1.29, 1.82) is 0 Å². The lowest BCUT2D eigenvalue weighted by Gasteiger charge is -2.04. The maximum atomic E-state index is 6.12. The normalized spacial score (nSPS) is 10.6. The molecule has 0 aliphatic rings. The lowest BCUT2D eigenvalue weighted by atomic mass is 10.2. The van der Waals surface area contributed by atoms with Crippen molar-refractivity contribution in [1.82, 2.24) is 10.1 Å². The number of nitrogens with zero attached hydrogens (tertiary/aromatic N) is 2. The molecular weight excluding hydrogens is 232 g/mol. The molecule has 0 N–H and O–H groups in total. The molecule has 0 atom stereocenters. The highest BCUT2D eigenvalue weighted by molar-refractivity contribution is 7.98. The molecule has 0 bridgehead atoms. The summed E-state index contributed by atoms with van der Waals surface area (Å²) in [5, 5.41) is 4.51. The Hall–Kier alpha value is -1.00. The standard InChI is InChI=1S/C10H9ClN2OS/c1-6-12-10(13-14-6)9-7(11)4-3-5-8(9)15-2/h3-5H,1-2H3. The number of halogens is 1. The molecule has 2 aromatic rings. The van der Waals surface area contributed by atoms with E-state index in [0.717, 1.165) is 10.5 Å². The third-order valence-corrected chi connectivity index (χ3v) is 3.04. The molecule has 0 aliphatic heterocycles. The Kier molecular flexibility index (Phi) is 2.98. The summed E-state index contributed by atoms with van der Waals surface area (Å²) in [6, 6.07) is 5.71. The van der Waals surface area contributed by atoms with Gasteiger partial charge in [0.2, 0.25) is 11.7 Å². The van der Waals surface area contributed by atoms with Gasteiger partial charge in [0.15, 0.2) is 0 Å². The van der Waals surface area contributed by atoms with E-state index in [9.17, 15) is 0 Å². The fourth-order valence-electron chi connectivity index (χ4n) is 1.29. The Morgan fingerprint density at radius 2 is 2.20 bits per heavy atom. The van der Waals surface area contributed by atoms with Crippen LogP contribution in [-0.2, 0) is 0 Å². The van der Waals surface area contributed by atoms with Crippen LogP contribution in [0.1, 0.15) is 5.89 Å². The topological polar surface area (TPSA) is 38.9 Å². The number of rotatable bonds is 2. The molecule has 0 aliphatic carbocycles. The molecular formula is C10H9ClN2OS. The van der Waals surface area contributed by atoms with E-state index in [1.54, 1.807) is 18.7 Å². The molecule has 15 heavy (non-hydrogen) atoms. The van der Waals surface area contributed by atoms with Crippen molar-refractivity contribution in [3.8, 4) is 11.4 Å². The van der Waals surface area contributed by atoms with Crippen molar-refractivity contribution in [2.75, 3.05) is 6.26 Å². The molecule has 0 radical (unpaired) electrons. The molecule has 5 heteroatoms. The molecule has 1 heterocycles. The van der Waals surface area contributed by atoms with E-state index in [0.29, 0.717) is 16.7 Å². The molecule has 1 aromatic heterocycles. The summed E-state index contributed by atoms with van der Waals surface area (Å²) in [4.78, 5) is 5.22. The summed E-state index contributed by atoms with van der Waals surface area (Å²) in [5.41, 5.74) is 0.837. The second-order valence-corrected chi connectivity index (χ2v) is 4.21. The van der Waals surface area contributed by atoms with Gasteiger partial charge in [0.1, 0.15) is 0 Å². The van der Waals surface area contributed by atoms with Gasteiger partial charge in [-0.15, -0.1) is 11.8 Å². The molecule has 0 saturated carbocycles. The molecule has 0 fully saturated rings. The summed E-state index contributed by atoms with van der Waals surface area (Å²) in [6.07, 6.45) is 1.99. The van der Waals surface area contributed by atoms with Gasteiger partial charge in [0.25, 0.3) is 0 Å². The Labute approximate surface area is 96.8 Å². The van der Waals surface area contributed by atoms with E-state index in [-0.39, 0.29) is 0 Å². The lowest BCUT2D eigenvalue weighted by molar-refractivity contribution is 0.394. The Morgan fingerprint density at radius 3 is 2.80 bits per heavy atom. The van der Waals surface area contributed by atoms with Crippen LogP contribution in [0.15, 0.2) is 27.6 Å². The highest BCUT2D eigenvalue weighted by Crippen LogP contribution is 2.34. The molecule has 0 amide bonds. The summed E-state index contributed by atoms with van der Waals surface area (Å²) in [6.45, 7) is 1.76. The monoisotopic (exact) mass is 240 g/mol. The van der Waals surface area contributed by atoms with Gasteiger partial charge in [-0.25, -0.2) is 0 Å². The molecule has 3 nitrogen and oxygen atoms in total. The van der Waals surface area contributed by atoms with Crippen LogP contribution in [0.2, 0.25) is 5.02 Å². The highest BCUT2D eigenvalue weighted by atomic mass is 35.5. The van der Waals surface area contributed by atoms with Gasteiger partial charge in [0.05, 0.1) is 10.6 Å². The molecule has 0 spiro atoms. The number of thioether (sulfide) groups is 1. The van der Waals surface area contributed by atoms with Crippen LogP contribution in [0.4, 0.5) is 0 Å². The van der Waals surface area contributed by atoms with E-state index in [2.05, 4.69) is 10.1 Å². The van der Waals surface area contributed by atoms with Crippen LogP contribution in [0.3, 0.4) is 0 Å². The van der Waals surface area contributed by atoms with Gasteiger partial charge in [-0.2, -0.15) is 4.98 Å². The highest BCUT2D eigenvalue weighted by Gasteiger charge is 2.13. The predicted octanol–water partition coefficient (Wildman–Crippen LogP) is 3.42. The van der Waals surface area contributed by atoms with Crippen LogP contribution in [0.25, 0.3) is 11.4 Å². The number of benzene rings is 1. The number of aryl methyl sites for hydroxylation is 1. The minimum absolute atomic E-state index is 0.539. The zero-order valence-corrected chi connectivity index (χ0v) is 9.89. The first-order valence-corrected chi connectivity index (χ1v) is 5.96. The first-order valence-electron chi connectivity index (χ1n) is 4.35. The minimum atomic E-state index is 0.539. The maximum absolute atomic E-state index is 6.12. The third kappa shape index (κ3) is 2.01. The van der Waals surface area contributed by atoms with Crippen molar-refractivity contribution >= 4 is 23.4 Å². The fraction of sp³-hybridized carbons (Fsp3) is 0.200. The van der Waals surface area contributed by atoms with Crippen molar-refractivity contribution in [3.63, 3.8) is 0 Å². The van der Waals surface area contributed by atoms with E-state index >= 15 is 0 Å². The van der Waals surface area contributed by atoms with E-state index in [1.165, 1.54) is 0 Å². The maximum Gasteiger partial charge on any atom is 0.223 e. The first kappa shape index (κ1) is 10.5. The van der Waals surface area contributed by atoms with Gasteiger partial charge in [-0.05, 0) is 18.4 Å². The summed E-state index contributed by atoms with van der Waals surface area (Å²) >= 11 is 7.72. The van der Waals surface area contributed by atoms with Crippen LogP contribution >= 0.6 is 23.4 Å². The van der Waals surface area contributed by atoms with Crippen LogP contribution < -0.4 is 0 Å². The van der Waals surface area contributed by atoms with Gasteiger partial charge < -0.3 is 4.52 Å². The second kappa shape index (κ2) is 4.24. The third-order valence-electron chi connectivity index (χ3n) is 1.95. The van der Waals surface area contributed by atoms with Crippen molar-refractivity contribution in [2.24, 2.45) is 0 Å². The molecule has 1 aromatic carbocycles. The Morgan fingerprint density at radius 1 is 1.40 bits per heavy atom. The molecule has 2 rings (SSSR count). The van der Waals surface area contributed by atoms with E-state index in [4.69, 9.17) is 16.1 Å². The van der Waals surface area contributed by atoms with Crippen LogP contribution in [-0.4, -0.2) is 16.4 Å². The first-order chi connectivity index (χ1) is 7.22. The fourth-order valence-corrected chi connectivity index (χ4v) is 2.23. The quantitative estimate of drug-likeness (QED) is 0.754. The minimum Gasteiger partial charge on any atom is -0.339 e. The van der Waals surface area contributed by atoms with Crippen molar-refractivity contribution in [2.45, 2.75) is 11.8 Å². The molecule has 0 saturated heterocycles. The zero-order chi connectivity index (χ0) is 10.8. The number of aromatic nitrogens is 2. The van der Waals surface area contributed by atoms with E-state index in [1.807, 2.05) is 24.5 Å². The summed E-state index contributed by atoms with van der Waals surface area (Å²) in [5.74, 6) is 1.08. The van der Waals surface area contributed by atoms with Crippen LogP contribution in [0, 0.1) is 6.92 Å². The number of hydrogen-bond donors (Lipinski definition) is 0. The average molecular weight is 241 g/mol. The summed E-state index contributed by atoms with van der Waals surface area (Å²) in [7, 11) is 0. The molecule has 78 valence electrons. The van der Waals surface area contributed by atoms with E-state index < -0.39 is 0 Å². The van der Waals surface area contributed by atoms with Crippen LogP contribution in [0.5, 0.6) is 0 Å². The second-order valence-electron chi connectivity index (χ2n) is 2.95.